The third-order valence-electron chi connectivity index (χ3n) is 1.92. The van der Waals surface area contributed by atoms with Crippen LogP contribution in [0.2, 0.25) is 0 Å². The third-order valence-corrected chi connectivity index (χ3v) is 1.92. The number of aryl methyl sites for hydroxylation is 1. The minimum atomic E-state index is -0.253. The first-order valence-electron chi connectivity index (χ1n) is 4.92. The molecule has 1 rings (SSSR count). The molecule has 0 aliphatic rings. The quantitative estimate of drug-likeness (QED) is 0.704. The van der Waals surface area contributed by atoms with Crippen molar-refractivity contribution in [2.24, 2.45) is 0 Å². The van der Waals surface area contributed by atoms with Crippen molar-refractivity contribution in [3.8, 4) is 0 Å². The summed E-state index contributed by atoms with van der Waals surface area (Å²) in [6.45, 7) is 3.15. The highest BCUT2D eigenvalue weighted by Gasteiger charge is 2.00. The number of nitrogens with one attached hydrogen (secondary N) is 1. The fraction of sp³-hybridized carbons (Fsp3) is 0.455. The maximum absolute atomic E-state index is 13.3. The SMILES string of the molecule is Cc1ccc(NCCOCCO)c(F)c1. The molecule has 0 unspecified atom stereocenters. The van der Waals surface area contributed by atoms with E-state index in [1.807, 2.05) is 13.0 Å². The number of hydrogen-bond donors (Lipinski definition) is 2. The molecule has 0 aliphatic carbocycles. The van der Waals surface area contributed by atoms with Crippen LogP contribution in [0.15, 0.2) is 18.2 Å². The van der Waals surface area contributed by atoms with Gasteiger partial charge >= 0.3 is 0 Å². The van der Waals surface area contributed by atoms with Crippen LogP contribution in [0, 0.1) is 12.7 Å². The largest absolute Gasteiger partial charge is 0.394 e. The van der Waals surface area contributed by atoms with Crippen molar-refractivity contribution < 1.29 is 14.2 Å². The zero-order chi connectivity index (χ0) is 11.1. The minimum Gasteiger partial charge on any atom is -0.394 e. The minimum absolute atomic E-state index is 0.0128. The van der Waals surface area contributed by atoms with Crippen molar-refractivity contribution in [3.05, 3.63) is 29.6 Å². The van der Waals surface area contributed by atoms with Crippen LogP contribution in [-0.4, -0.2) is 31.5 Å². The Hall–Kier alpha value is -1.13. The normalized spacial score (nSPS) is 10.3. The summed E-state index contributed by atoms with van der Waals surface area (Å²) in [5.41, 5.74) is 1.38. The number of anilines is 1. The average Bonchev–Trinajstić information content (AvgIpc) is 2.20. The predicted molar refractivity (Wildman–Crippen MR) is 57.5 cm³/mol. The van der Waals surface area contributed by atoms with E-state index in [4.69, 9.17) is 9.84 Å². The van der Waals surface area contributed by atoms with Crippen molar-refractivity contribution in [2.45, 2.75) is 6.92 Å². The Kier molecular flexibility index (Phi) is 5.07. The molecule has 4 heteroatoms. The zero-order valence-electron chi connectivity index (χ0n) is 8.79. The molecule has 0 spiro atoms. The van der Waals surface area contributed by atoms with Crippen molar-refractivity contribution in [3.63, 3.8) is 0 Å². The van der Waals surface area contributed by atoms with Gasteiger partial charge < -0.3 is 15.2 Å². The molecule has 0 fully saturated rings. The van der Waals surface area contributed by atoms with Crippen LogP contribution >= 0.6 is 0 Å². The number of aliphatic hydroxyl groups excluding tert-OH is 1. The maximum Gasteiger partial charge on any atom is 0.146 e. The fourth-order valence-electron chi connectivity index (χ4n) is 1.19. The summed E-state index contributed by atoms with van der Waals surface area (Å²) in [7, 11) is 0. The van der Waals surface area contributed by atoms with E-state index in [0.29, 0.717) is 25.4 Å². The topological polar surface area (TPSA) is 41.5 Å². The number of aliphatic hydroxyl groups is 1. The molecule has 0 aromatic heterocycles. The second-order valence-electron chi connectivity index (χ2n) is 3.25. The predicted octanol–water partition coefficient (Wildman–Crippen LogP) is 1.55. The van der Waals surface area contributed by atoms with E-state index in [-0.39, 0.29) is 12.4 Å². The van der Waals surface area contributed by atoms with Gasteiger partial charge in [0.05, 0.1) is 25.5 Å². The van der Waals surface area contributed by atoms with E-state index < -0.39 is 0 Å². The molecular weight excluding hydrogens is 197 g/mol. The second-order valence-corrected chi connectivity index (χ2v) is 3.25. The molecule has 0 bridgehead atoms. The Morgan fingerprint density at radius 2 is 2.20 bits per heavy atom. The van der Waals surface area contributed by atoms with E-state index in [9.17, 15) is 4.39 Å². The van der Waals surface area contributed by atoms with Crippen molar-refractivity contribution in [2.75, 3.05) is 31.7 Å². The molecule has 84 valence electrons. The summed E-state index contributed by atoms with van der Waals surface area (Å²) >= 11 is 0. The van der Waals surface area contributed by atoms with Gasteiger partial charge in [-0.1, -0.05) is 6.07 Å². The fourth-order valence-corrected chi connectivity index (χ4v) is 1.19. The van der Waals surface area contributed by atoms with Crippen molar-refractivity contribution in [1.82, 2.24) is 0 Å². The number of rotatable bonds is 6. The molecule has 0 saturated heterocycles. The van der Waals surface area contributed by atoms with Crippen molar-refractivity contribution in [1.29, 1.82) is 0 Å². The zero-order valence-corrected chi connectivity index (χ0v) is 8.79. The van der Waals surface area contributed by atoms with Gasteiger partial charge in [0.25, 0.3) is 0 Å². The van der Waals surface area contributed by atoms with Gasteiger partial charge in [-0.15, -0.1) is 0 Å². The van der Waals surface area contributed by atoms with E-state index in [2.05, 4.69) is 5.32 Å². The summed E-state index contributed by atoms with van der Waals surface area (Å²) in [5, 5.41) is 11.4. The van der Waals surface area contributed by atoms with Gasteiger partial charge in [0.2, 0.25) is 0 Å². The highest BCUT2D eigenvalue weighted by molar-refractivity contribution is 5.45. The molecule has 1 aromatic carbocycles. The van der Waals surface area contributed by atoms with E-state index in [1.165, 1.54) is 6.07 Å². The highest BCUT2D eigenvalue weighted by atomic mass is 19.1. The average molecular weight is 213 g/mol. The van der Waals surface area contributed by atoms with Crippen LogP contribution in [0.25, 0.3) is 0 Å². The van der Waals surface area contributed by atoms with Crippen LogP contribution in [0.4, 0.5) is 10.1 Å². The first kappa shape index (κ1) is 11.9. The lowest BCUT2D eigenvalue weighted by Gasteiger charge is -2.08. The van der Waals surface area contributed by atoms with Crippen LogP contribution in [0.1, 0.15) is 5.56 Å². The number of halogens is 1. The van der Waals surface area contributed by atoms with E-state index >= 15 is 0 Å². The molecule has 0 saturated carbocycles. The molecular formula is C11H16FNO2. The molecule has 0 aliphatic heterocycles. The van der Waals surface area contributed by atoms with Gasteiger partial charge in [0.15, 0.2) is 0 Å². The van der Waals surface area contributed by atoms with Crippen LogP contribution in [-0.2, 0) is 4.74 Å². The summed E-state index contributed by atoms with van der Waals surface area (Å²) < 4.78 is 18.3. The van der Waals surface area contributed by atoms with Gasteiger partial charge in [-0.25, -0.2) is 4.39 Å². The Bertz CT molecular complexity index is 305. The number of hydrogen-bond acceptors (Lipinski definition) is 3. The Morgan fingerprint density at radius 1 is 1.40 bits per heavy atom. The second kappa shape index (κ2) is 6.37. The first-order valence-corrected chi connectivity index (χ1v) is 4.92. The standard InChI is InChI=1S/C11H16FNO2/c1-9-2-3-11(10(12)8-9)13-4-6-15-7-5-14/h2-3,8,13-14H,4-7H2,1H3. The summed E-state index contributed by atoms with van der Waals surface area (Å²) in [4.78, 5) is 0. The molecule has 0 amide bonds. The number of benzene rings is 1. The first-order chi connectivity index (χ1) is 7.24. The van der Waals surface area contributed by atoms with Gasteiger partial charge in [0, 0.05) is 6.54 Å². The highest BCUT2D eigenvalue weighted by Crippen LogP contribution is 2.14. The lowest BCUT2D eigenvalue weighted by Crippen LogP contribution is -2.12. The lowest BCUT2D eigenvalue weighted by molar-refractivity contribution is 0.0992. The summed E-state index contributed by atoms with van der Waals surface area (Å²) in [6, 6.07) is 5.04. The van der Waals surface area contributed by atoms with Crippen molar-refractivity contribution >= 4 is 5.69 Å². The molecule has 1 aromatic rings. The lowest BCUT2D eigenvalue weighted by atomic mass is 10.2. The third kappa shape index (κ3) is 4.27. The molecule has 0 heterocycles. The van der Waals surface area contributed by atoms with E-state index in [0.717, 1.165) is 5.56 Å². The Balaban J connectivity index is 2.31. The molecule has 2 N–H and O–H groups in total. The van der Waals surface area contributed by atoms with Gasteiger partial charge in [-0.05, 0) is 24.6 Å². The van der Waals surface area contributed by atoms with E-state index in [1.54, 1.807) is 6.07 Å². The Labute approximate surface area is 88.9 Å². The van der Waals surface area contributed by atoms with Gasteiger partial charge in [-0.2, -0.15) is 0 Å². The molecule has 15 heavy (non-hydrogen) atoms. The number of ether oxygens (including phenoxy) is 1. The molecule has 0 atom stereocenters. The van der Waals surface area contributed by atoms with Crippen LogP contribution in [0.5, 0.6) is 0 Å². The summed E-state index contributed by atoms with van der Waals surface area (Å²) in [5.74, 6) is -0.253. The summed E-state index contributed by atoms with van der Waals surface area (Å²) in [6.07, 6.45) is 0. The smallest absolute Gasteiger partial charge is 0.146 e. The van der Waals surface area contributed by atoms with Crippen LogP contribution in [0.3, 0.4) is 0 Å². The van der Waals surface area contributed by atoms with Gasteiger partial charge in [-0.3, -0.25) is 0 Å². The molecule has 3 nitrogen and oxygen atoms in total. The van der Waals surface area contributed by atoms with Gasteiger partial charge in [0.1, 0.15) is 5.82 Å². The Morgan fingerprint density at radius 3 is 2.87 bits per heavy atom. The maximum atomic E-state index is 13.3. The van der Waals surface area contributed by atoms with Crippen LogP contribution < -0.4 is 5.32 Å². The molecule has 0 radical (unpaired) electrons. The monoisotopic (exact) mass is 213 g/mol.